The maximum absolute atomic E-state index is 12.2. The first-order chi connectivity index (χ1) is 12.2. The van der Waals surface area contributed by atoms with Gasteiger partial charge in [0, 0.05) is 18.5 Å². The lowest BCUT2D eigenvalue weighted by atomic mass is 10.3. The number of nitrogens with one attached hydrogen (secondary N) is 2. The number of benzene rings is 1. The Bertz CT molecular complexity index is 877. The third kappa shape index (κ3) is 3.92. The molecule has 8 heteroatoms. The Kier molecular flexibility index (Phi) is 4.89. The topological polar surface area (TPSA) is 94.0 Å². The van der Waals surface area contributed by atoms with Crippen molar-refractivity contribution in [2.75, 3.05) is 17.2 Å². The van der Waals surface area contributed by atoms with Crippen molar-refractivity contribution in [2.24, 2.45) is 0 Å². The summed E-state index contributed by atoms with van der Waals surface area (Å²) >= 11 is 0. The number of para-hydroxylation sites is 2. The molecule has 0 fully saturated rings. The predicted octanol–water partition coefficient (Wildman–Crippen LogP) is 3.01. The van der Waals surface area contributed by atoms with E-state index in [2.05, 4.69) is 25.6 Å². The van der Waals surface area contributed by atoms with Crippen LogP contribution in [-0.2, 0) is 0 Å². The van der Waals surface area contributed by atoms with Gasteiger partial charge >= 0.3 is 6.03 Å². The maximum atomic E-state index is 12.2. The largest absolute Gasteiger partial charge is 0.492 e. The van der Waals surface area contributed by atoms with Crippen LogP contribution in [0.5, 0.6) is 5.75 Å². The van der Waals surface area contributed by atoms with Gasteiger partial charge in [-0.2, -0.15) is 0 Å². The van der Waals surface area contributed by atoms with E-state index in [1.807, 2.05) is 26.0 Å². The Morgan fingerprint density at radius 3 is 2.80 bits per heavy atom. The lowest BCUT2D eigenvalue weighted by Gasteiger charge is -2.12. The van der Waals surface area contributed by atoms with E-state index >= 15 is 0 Å². The van der Waals surface area contributed by atoms with Crippen LogP contribution >= 0.6 is 0 Å². The van der Waals surface area contributed by atoms with Crippen LogP contribution in [0, 0.1) is 6.92 Å². The van der Waals surface area contributed by atoms with Gasteiger partial charge in [0.15, 0.2) is 0 Å². The number of rotatable bonds is 5. The Morgan fingerprint density at radius 2 is 2.04 bits per heavy atom. The number of aryl methyl sites for hydroxylation is 1. The fourth-order valence-electron chi connectivity index (χ4n) is 2.29. The summed E-state index contributed by atoms with van der Waals surface area (Å²) < 4.78 is 7.29. The molecule has 8 nitrogen and oxygen atoms in total. The maximum Gasteiger partial charge on any atom is 0.324 e. The van der Waals surface area contributed by atoms with Crippen molar-refractivity contribution in [3.63, 3.8) is 0 Å². The van der Waals surface area contributed by atoms with Crippen molar-refractivity contribution in [1.82, 2.24) is 19.5 Å². The smallest absolute Gasteiger partial charge is 0.324 e. The Hall–Kier alpha value is -3.42. The highest BCUT2D eigenvalue weighted by Gasteiger charge is 2.09. The van der Waals surface area contributed by atoms with Crippen molar-refractivity contribution in [3.8, 4) is 11.6 Å². The van der Waals surface area contributed by atoms with E-state index in [0.29, 0.717) is 29.7 Å². The lowest BCUT2D eigenvalue weighted by molar-refractivity contribution is 0.262. The SMILES string of the molecule is CCOc1ccccc1NC(=O)Nc1cc(-n2ccnc2C)ncn1. The number of carbonyl (C=O) groups is 1. The summed E-state index contributed by atoms with van der Waals surface area (Å²) in [7, 11) is 0. The molecule has 3 rings (SSSR count). The standard InChI is InChI=1S/C17H18N6O2/c1-3-25-14-7-5-4-6-13(14)21-17(24)22-15-10-16(20-11-19-15)23-9-8-18-12(23)2/h4-11H,3H2,1-2H3,(H2,19,20,21,22,24). The zero-order valence-corrected chi connectivity index (χ0v) is 13.9. The van der Waals surface area contributed by atoms with Gasteiger partial charge in [0.2, 0.25) is 0 Å². The van der Waals surface area contributed by atoms with Crippen molar-refractivity contribution < 1.29 is 9.53 Å². The zero-order chi connectivity index (χ0) is 17.6. The van der Waals surface area contributed by atoms with Crippen LogP contribution in [0.1, 0.15) is 12.7 Å². The fraction of sp³-hybridized carbons (Fsp3) is 0.176. The number of aromatic nitrogens is 4. The van der Waals surface area contributed by atoms with Crippen LogP contribution in [0.4, 0.5) is 16.3 Å². The van der Waals surface area contributed by atoms with E-state index in [0.717, 1.165) is 5.82 Å². The van der Waals surface area contributed by atoms with Crippen molar-refractivity contribution in [2.45, 2.75) is 13.8 Å². The normalized spacial score (nSPS) is 10.3. The summed E-state index contributed by atoms with van der Waals surface area (Å²) in [5, 5.41) is 5.45. The second kappa shape index (κ2) is 7.43. The van der Waals surface area contributed by atoms with Gasteiger partial charge in [-0.15, -0.1) is 0 Å². The summed E-state index contributed by atoms with van der Waals surface area (Å²) in [6.07, 6.45) is 4.86. The number of anilines is 2. The first-order valence-corrected chi connectivity index (χ1v) is 7.79. The average Bonchev–Trinajstić information content (AvgIpc) is 3.03. The van der Waals surface area contributed by atoms with Gasteiger partial charge in [0.05, 0.1) is 12.3 Å². The molecule has 0 aliphatic carbocycles. The number of urea groups is 1. The fourth-order valence-corrected chi connectivity index (χ4v) is 2.29. The first kappa shape index (κ1) is 16.4. The van der Waals surface area contributed by atoms with Gasteiger partial charge in [-0.05, 0) is 26.0 Å². The number of imidazole rings is 1. The van der Waals surface area contributed by atoms with Gasteiger partial charge in [0.1, 0.15) is 29.5 Å². The second-order valence-corrected chi connectivity index (χ2v) is 5.11. The van der Waals surface area contributed by atoms with Gasteiger partial charge < -0.3 is 10.1 Å². The highest BCUT2D eigenvalue weighted by Crippen LogP contribution is 2.23. The molecule has 0 aliphatic rings. The molecule has 1 aromatic carbocycles. The van der Waals surface area contributed by atoms with E-state index in [1.54, 1.807) is 35.2 Å². The molecule has 2 aromatic heterocycles. The molecule has 2 heterocycles. The minimum Gasteiger partial charge on any atom is -0.492 e. The summed E-state index contributed by atoms with van der Waals surface area (Å²) in [6, 6.07) is 8.48. The monoisotopic (exact) mass is 338 g/mol. The quantitative estimate of drug-likeness (QED) is 0.746. The summed E-state index contributed by atoms with van der Waals surface area (Å²) in [5.41, 5.74) is 0.585. The average molecular weight is 338 g/mol. The number of ether oxygens (including phenoxy) is 1. The summed E-state index contributed by atoms with van der Waals surface area (Å²) in [5.74, 6) is 2.40. The Balaban J connectivity index is 1.73. The van der Waals surface area contributed by atoms with E-state index in [9.17, 15) is 4.79 Å². The van der Waals surface area contributed by atoms with Crippen LogP contribution in [0.25, 0.3) is 5.82 Å². The predicted molar refractivity (Wildman–Crippen MR) is 94.1 cm³/mol. The van der Waals surface area contributed by atoms with Crippen molar-refractivity contribution in [1.29, 1.82) is 0 Å². The molecule has 0 spiro atoms. The van der Waals surface area contributed by atoms with Crippen molar-refractivity contribution in [3.05, 3.63) is 54.9 Å². The summed E-state index contributed by atoms with van der Waals surface area (Å²) in [6.45, 7) is 4.27. The van der Waals surface area contributed by atoms with Crippen molar-refractivity contribution >= 4 is 17.5 Å². The van der Waals surface area contributed by atoms with Gasteiger partial charge in [-0.1, -0.05) is 12.1 Å². The van der Waals surface area contributed by atoms with Gasteiger partial charge in [-0.25, -0.2) is 19.7 Å². The van der Waals surface area contributed by atoms with Crippen LogP contribution in [0.2, 0.25) is 0 Å². The minimum atomic E-state index is -0.417. The Labute approximate surface area is 144 Å². The number of hydrogen-bond donors (Lipinski definition) is 2. The molecule has 0 unspecified atom stereocenters. The van der Waals surface area contributed by atoms with E-state index in [1.165, 1.54) is 6.33 Å². The number of carbonyl (C=O) groups excluding carboxylic acids is 1. The molecule has 0 bridgehead atoms. The zero-order valence-electron chi connectivity index (χ0n) is 13.9. The minimum absolute atomic E-state index is 0.379. The summed E-state index contributed by atoms with van der Waals surface area (Å²) in [4.78, 5) is 24.7. The van der Waals surface area contributed by atoms with Gasteiger partial charge in [-0.3, -0.25) is 9.88 Å². The lowest BCUT2D eigenvalue weighted by Crippen LogP contribution is -2.21. The molecule has 0 radical (unpaired) electrons. The molecule has 0 atom stereocenters. The van der Waals surface area contributed by atoms with Crippen LogP contribution in [0.15, 0.2) is 49.1 Å². The first-order valence-electron chi connectivity index (χ1n) is 7.79. The molecular weight excluding hydrogens is 320 g/mol. The number of hydrogen-bond acceptors (Lipinski definition) is 5. The third-order valence-corrected chi connectivity index (χ3v) is 3.40. The van der Waals surface area contributed by atoms with E-state index in [4.69, 9.17) is 4.74 Å². The molecule has 128 valence electrons. The molecule has 25 heavy (non-hydrogen) atoms. The van der Waals surface area contributed by atoms with E-state index < -0.39 is 6.03 Å². The number of amides is 2. The van der Waals surface area contributed by atoms with Crippen LogP contribution in [-0.4, -0.2) is 32.2 Å². The molecule has 0 saturated carbocycles. The van der Waals surface area contributed by atoms with Crippen LogP contribution in [0.3, 0.4) is 0 Å². The second-order valence-electron chi connectivity index (χ2n) is 5.11. The van der Waals surface area contributed by atoms with Crippen LogP contribution < -0.4 is 15.4 Å². The molecule has 3 aromatic rings. The molecule has 2 amide bonds. The number of nitrogens with zero attached hydrogens (tertiary/aromatic N) is 4. The third-order valence-electron chi connectivity index (χ3n) is 3.40. The highest BCUT2D eigenvalue weighted by atomic mass is 16.5. The highest BCUT2D eigenvalue weighted by molar-refractivity contribution is 6.00. The van der Waals surface area contributed by atoms with Gasteiger partial charge in [0.25, 0.3) is 0 Å². The molecule has 0 saturated heterocycles. The Morgan fingerprint density at radius 1 is 1.20 bits per heavy atom. The molecule has 0 aliphatic heterocycles. The molecule has 2 N–H and O–H groups in total. The molecular formula is C17H18N6O2. The van der Waals surface area contributed by atoms with E-state index in [-0.39, 0.29) is 0 Å².